The van der Waals surface area contributed by atoms with E-state index in [2.05, 4.69) is 41.8 Å². The number of fused-ring (bicyclic) bond motifs is 1. The van der Waals surface area contributed by atoms with Gasteiger partial charge in [-0.05, 0) is 57.2 Å². The summed E-state index contributed by atoms with van der Waals surface area (Å²) in [5.41, 5.74) is 4.84. The average Bonchev–Trinajstić information content (AvgIpc) is 2.62. The van der Waals surface area contributed by atoms with Crippen LogP contribution in [-0.2, 0) is 11.2 Å². The fourth-order valence-electron chi connectivity index (χ4n) is 3.10. The first-order valence-corrected chi connectivity index (χ1v) is 9.11. The summed E-state index contributed by atoms with van der Waals surface area (Å²) in [6, 6.07) is 13.7. The highest BCUT2D eigenvalue weighted by atomic mass is 16.2. The zero-order valence-corrected chi connectivity index (χ0v) is 16.0. The van der Waals surface area contributed by atoms with Crippen LogP contribution in [0.15, 0.2) is 48.7 Å². The SMILES string of the molecule is Bc1ccc2c(c1)/C(=C/Nc1ccc(CCCN(C)C)cc1)C(=O)NC2=O. The van der Waals surface area contributed by atoms with Crippen molar-refractivity contribution < 1.29 is 9.59 Å². The number of aryl methyl sites for hydroxylation is 1. The lowest BCUT2D eigenvalue weighted by molar-refractivity contribution is -0.114. The molecule has 1 aliphatic heterocycles. The highest BCUT2D eigenvalue weighted by molar-refractivity contribution is 6.35. The smallest absolute Gasteiger partial charge is 0.260 e. The second-order valence-electron chi connectivity index (χ2n) is 7.14. The van der Waals surface area contributed by atoms with Gasteiger partial charge in [-0.15, -0.1) is 0 Å². The van der Waals surface area contributed by atoms with Gasteiger partial charge in [0.1, 0.15) is 7.85 Å². The molecule has 2 amide bonds. The van der Waals surface area contributed by atoms with E-state index in [4.69, 9.17) is 0 Å². The molecule has 0 unspecified atom stereocenters. The monoisotopic (exact) mass is 361 g/mol. The number of rotatable bonds is 6. The van der Waals surface area contributed by atoms with Crippen LogP contribution in [0.1, 0.15) is 27.9 Å². The van der Waals surface area contributed by atoms with Gasteiger partial charge < -0.3 is 10.2 Å². The molecular formula is C21H24BN3O2. The lowest BCUT2D eigenvalue weighted by atomic mass is 9.87. The normalized spacial score (nSPS) is 15.0. The highest BCUT2D eigenvalue weighted by Gasteiger charge is 2.26. The summed E-state index contributed by atoms with van der Waals surface area (Å²) in [4.78, 5) is 26.5. The topological polar surface area (TPSA) is 61.4 Å². The van der Waals surface area contributed by atoms with Crippen LogP contribution in [0.25, 0.3) is 5.57 Å². The average molecular weight is 361 g/mol. The molecule has 5 nitrogen and oxygen atoms in total. The van der Waals surface area contributed by atoms with Crippen molar-refractivity contribution in [3.05, 3.63) is 65.4 Å². The Balaban J connectivity index is 1.74. The van der Waals surface area contributed by atoms with Gasteiger partial charge in [0.2, 0.25) is 0 Å². The minimum absolute atomic E-state index is 0.353. The van der Waals surface area contributed by atoms with Crippen LogP contribution in [-0.4, -0.2) is 45.2 Å². The van der Waals surface area contributed by atoms with Crippen molar-refractivity contribution in [1.29, 1.82) is 0 Å². The highest BCUT2D eigenvalue weighted by Crippen LogP contribution is 2.23. The van der Waals surface area contributed by atoms with Gasteiger partial charge >= 0.3 is 0 Å². The predicted octanol–water partition coefficient (Wildman–Crippen LogP) is 1.16. The summed E-state index contributed by atoms with van der Waals surface area (Å²) in [7, 11) is 6.10. The van der Waals surface area contributed by atoms with E-state index < -0.39 is 0 Å². The molecule has 0 bridgehead atoms. The van der Waals surface area contributed by atoms with Crippen LogP contribution in [0.4, 0.5) is 5.69 Å². The zero-order chi connectivity index (χ0) is 19.4. The van der Waals surface area contributed by atoms with Gasteiger partial charge in [-0.25, -0.2) is 0 Å². The van der Waals surface area contributed by atoms with Crippen LogP contribution < -0.4 is 16.1 Å². The first-order chi connectivity index (χ1) is 12.9. The van der Waals surface area contributed by atoms with Crippen molar-refractivity contribution in [3.63, 3.8) is 0 Å². The summed E-state index contributed by atoms with van der Waals surface area (Å²) in [6.45, 7) is 1.07. The largest absolute Gasteiger partial charge is 0.361 e. The van der Waals surface area contributed by atoms with Crippen molar-refractivity contribution in [2.75, 3.05) is 26.0 Å². The molecule has 0 fully saturated rings. The quantitative estimate of drug-likeness (QED) is 0.461. The number of nitrogens with one attached hydrogen (secondary N) is 2. The molecule has 3 rings (SSSR count). The first-order valence-electron chi connectivity index (χ1n) is 9.11. The van der Waals surface area contributed by atoms with E-state index in [9.17, 15) is 9.59 Å². The molecule has 0 aliphatic carbocycles. The molecule has 1 heterocycles. The summed E-state index contributed by atoms with van der Waals surface area (Å²) >= 11 is 0. The molecule has 0 atom stereocenters. The first kappa shape index (κ1) is 18.9. The Morgan fingerprint density at radius 3 is 2.48 bits per heavy atom. The van der Waals surface area contributed by atoms with Crippen LogP contribution in [0, 0.1) is 0 Å². The van der Waals surface area contributed by atoms with Gasteiger partial charge in [0, 0.05) is 23.0 Å². The van der Waals surface area contributed by atoms with Gasteiger partial charge in [-0.2, -0.15) is 0 Å². The van der Waals surface area contributed by atoms with E-state index in [1.54, 1.807) is 12.3 Å². The predicted molar refractivity (Wildman–Crippen MR) is 112 cm³/mol. The van der Waals surface area contributed by atoms with Crippen molar-refractivity contribution >= 4 is 36.4 Å². The molecule has 0 saturated heterocycles. The van der Waals surface area contributed by atoms with Crippen LogP contribution in [0.3, 0.4) is 0 Å². The number of amides is 2. The number of hydrogen-bond acceptors (Lipinski definition) is 4. The molecular weight excluding hydrogens is 337 g/mol. The zero-order valence-electron chi connectivity index (χ0n) is 16.0. The van der Waals surface area contributed by atoms with Crippen molar-refractivity contribution in [2.24, 2.45) is 0 Å². The van der Waals surface area contributed by atoms with Gasteiger partial charge in [0.05, 0.1) is 5.57 Å². The molecule has 2 aromatic carbocycles. The second kappa shape index (κ2) is 8.23. The molecule has 2 aromatic rings. The second-order valence-corrected chi connectivity index (χ2v) is 7.14. The molecule has 27 heavy (non-hydrogen) atoms. The number of benzene rings is 2. The summed E-state index contributed by atoms with van der Waals surface area (Å²) in [5, 5.41) is 5.57. The Morgan fingerprint density at radius 1 is 1.04 bits per heavy atom. The Hall–Kier alpha value is -2.86. The van der Waals surface area contributed by atoms with Crippen LogP contribution >= 0.6 is 0 Å². The lowest BCUT2D eigenvalue weighted by Gasteiger charge is -2.19. The fraction of sp³-hybridized carbons (Fsp3) is 0.238. The molecule has 2 N–H and O–H groups in total. The minimum Gasteiger partial charge on any atom is -0.361 e. The summed E-state index contributed by atoms with van der Waals surface area (Å²) in [6.07, 6.45) is 3.83. The third-order valence-corrected chi connectivity index (χ3v) is 4.59. The van der Waals surface area contributed by atoms with Crippen molar-refractivity contribution in [3.8, 4) is 0 Å². The molecule has 138 valence electrons. The van der Waals surface area contributed by atoms with Crippen molar-refractivity contribution in [1.82, 2.24) is 10.2 Å². The maximum atomic E-state index is 12.3. The lowest BCUT2D eigenvalue weighted by Crippen LogP contribution is -2.37. The number of imide groups is 1. The number of hydrogen-bond donors (Lipinski definition) is 2. The van der Waals surface area contributed by atoms with E-state index in [-0.39, 0.29) is 11.8 Å². The molecule has 0 aromatic heterocycles. The van der Waals surface area contributed by atoms with Gasteiger partial charge in [0.15, 0.2) is 0 Å². The summed E-state index contributed by atoms with van der Waals surface area (Å²) in [5.74, 6) is -0.736. The third kappa shape index (κ3) is 4.66. The Kier molecular flexibility index (Phi) is 5.77. The number of carbonyl (C=O) groups excluding carboxylic acids is 2. The Bertz CT molecular complexity index is 889. The van der Waals surface area contributed by atoms with E-state index in [0.29, 0.717) is 16.7 Å². The molecule has 1 aliphatic rings. The molecule has 0 radical (unpaired) electrons. The number of carbonyl (C=O) groups is 2. The van der Waals surface area contributed by atoms with Crippen LogP contribution in [0.2, 0.25) is 0 Å². The Labute approximate surface area is 160 Å². The van der Waals surface area contributed by atoms with Gasteiger partial charge in [-0.3, -0.25) is 14.9 Å². The minimum atomic E-state index is -0.383. The maximum absolute atomic E-state index is 12.3. The van der Waals surface area contributed by atoms with E-state index >= 15 is 0 Å². The standard InChI is InChI=1S/C21H24BN3O2/c1-25(2)11-3-4-14-5-8-16(9-6-14)23-13-19-18-12-15(22)7-10-17(18)20(26)24-21(19)27/h5-10,12-13,23H,3-4,11,22H2,1-2H3,(H,24,26,27)/b19-13-. The van der Waals surface area contributed by atoms with Gasteiger partial charge in [0.25, 0.3) is 11.8 Å². The fourth-order valence-corrected chi connectivity index (χ4v) is 3.10. The van der Waals surface area contributed by atoms with E-state index in [0.717, 1.165) is 30.5 Å². The molecule has 6 heteroatoms. The number of nitrogens with zero attached hydrogens (tertiary/aromatic N) is 1. The van der Waals surface area contributed by atoms with Gasteiger partial charge in [-0.1, -0.05) is 29.7 Å². The maximum Gasteiger partial charge on any atom is 0.260 e. The number of anilines is 1. The Morgan fingerprint density at radius 2 is 1.78 bits per heavy atom. The van der Waals surface area contributed by atoms with Crippen LogP contribution in [0.5, 0.6) is 0 Å². The third-order valence-electron chi connectivity index (χ3n) is 4.59. The molecule has 0 saturated carbocycles. The van der Waals surface area contributed by atoms with E-state index in [1.807, 2.05) is 32.1 Å². The molecule has 0 spiro atoms. The van der Waals surface area contributed by atoms with E-state index in [1.165, 1.54) is 5.56 Å². The summed E-state index contributed by atoms with van der Waals surface area (Å²) < 4.78 is 0. The van der Waals surface area contributed by atoms with Crippen molar-refractivity contribution in [2.45, 2.75) is 12.8 Å².